The molecule has 1 fully saturated rings. The van der Waals surface area contributed by atoms with Gasteiger partial charge in [-0.1, -0.05) is 12.1 Å². The zero-order valence-corrected chi connectivity index (χ0v) is 14.5. The van der Waals surface area contributed by atoms with E-state index in [4.69, 9.17) is 20.0 Å². The van der Waals surface area contributed by atoms with Gasteiger partial charge in [0.15, 0.2) is 6.61 Å². The topological polar surface area (TPSA) is 123 Å². The largest absolute Gasteiger partial charge is 0.484 e. The summed E-state index contributed by atoms with van der Waals surface area (Å²) in [7, 11) is 0. The highest BCUT2D eigenvalue weighted by Gasteiger charge is 2.48. The maximum atomic E-state index is 12.6. The summed E-state index contributed by atoms with van der Waals surface area (Å²) in [6.45, 7) is -0.592. The molecule has 3 N–H and O–H groups in total. The van der Waals surface area contributed by atoms with Crippen molar-refractivity contribution >= 4 is 17.8 Å². The molecule has 8 nitrogen and oxygen atoms in total. The van der Waals surface area contributed by atoms with Crippen LogP contribution in [0.5, 0.6) is 5.75 Å². The molecule has 1 saturated heterocycles. The summed E-state index contributed by atoms with van der Waals surface area (Å²) < 4.78 is 10.6. The summed E-state index contributed by atoms with van der Waals surface area (Å²) >= 11 is 0. The molecule has 0 saturated carbocycles. The van der Waals surface area contributed by atoms with Gasteiger partial charge in [-0.25, -0.2) is 0 Å². The maximum Gasteiger partial charge on any atom is 0.323 e. The van der Waals surface area contributed by atoms with Crippen molar-refractivity contribution in [1.29, 1.82) is 0 Å². The molecule has 8 heteroatoms. The molecule has 1 aromatic heterocycles. The summed E-state index contributed by atoms with van der Waals surface area (Å²) in [6, 6.07) is 10.2. The van der Waals surface area contributed by atoms with E-state index in [1.54, 1.807) is 36.6 Å². The Hall–Kier alpha value is -3.29. The van der Waals surface area contributed by atoms with Crippen LogP contribution >= 0.6 is 0 Å². The van der Waals surface area contributed by atoms with Gasteiger partial charge in [-0.2, -0.15) is 0 Å². The molecular formula is C19H20N2O6. The first-order chi connectivity index (χ1) is 13.0. The molecule has 142 valence electrons. The molecule has 1 aliphatic heterocycles. The van der Waals surface area contributed by atoms with Crippen molar-refractivity contribution in [3.8, 4) is 5.75 Å². The molecule has 1 aromatic carbocycles. The molecule has 0 spiro atoms. The standard InChI is InChI=1S/C19H20N2O6/c20-16(22)11-27-14-4-1-3-12(9-14)18-15(7-6-13-5-2-8-26-13)21(19(18)25)10-17(23)24/h1-5,8-9,15,18H,6-7,10-11H2,(H2,20,22)(H,23,24)/t15-,18+/m0/s1. The van der Waals surface area contributed by atoms with Crippen LogP contribution in [-0.2, 0) is 20.8 Å². The van der Waals surface area contributed by atoms with Crippen molar-refractivity contribution in [2.45, 2.75) is 24.8 Å². The minimum Gasteiger partial charge on any atom is -0.484 e. The lowest BCUT2D eigenvalue weighted by Crippen LogP contribution is -2.60. The number of nitrogens with two attached hydrogens (primary N) is 1. The van der Waals surface area contributed by atoms with Crippen molar-refractivity contribution in [3.63, 3.8) is 0 Å². The number of β-lactam (4-membered cyclic amide) rings is 1. The first-order valence-corrected chi connectivity index (χ1v) is 8.51. The molecule has 0 bridgehead atoms. The minimum atomic E-state index is -1.05. The van der Waals surface area contributed by atoms with E-state index in [0.29, 0.717) is 24.2 Å². The van der Waals surface area contributed by atoms with E-state index >= 15 is 0 Å². The summed E-state index contributed by atoms with van der Waals surface area (Å²) in [5.74, 6) is -1.14. The molecule has 0 radical (unpaired) electrons. The molecule has 0 unspecified atom stereocenters. The highest BCUT2D eigenvalue weighted by atomic mass is 16.5. The number of carbonyl (C=O) groups is 3. The van der Waals surface area contributed by atoms with Crippen molar-refractivity contribution in [3.05, 3.63) is 54.0 Å². The van der Waals surface area contributed by atoms with Crippen molar-refractivity contribution < 1.29 is 28.6 Å². The van der Waals surface area contributed by atoms with Crippen LogP contribution in [0, 0.1) is 0 Å². The number of carboxylic acids is 1. The van der Waals surface area contributed by atoms with Gasteiger partial charge in [0.1, 0.15) is 18.1 Å². The second-order valence-electron chi connectivity index (χ2n) is 6.35. The third-order valence-corrected chi connectivity index (χ3v) is 4.50. The highest BCUT2D eigenvalue weighted by molar-refractivity contribution is 5.93. The van der Waals surface area contributed by atoms with Crippen molar-refractivity contribution in [2.24, 2.45) is 5.73 Å². The zero-order valence-electron chi connectivity index (χ0n) is 14.5. The fourth-order valence-electron chi connectivity index (χ4n) is 3.33. The number of carboxylic acid groups (broad SMARTS) is 1. The zero-order chi connectivity index (χ0) is 19.4. The Morgan fingerprint density at radius 1 is 1.26 bits per heavy atom. The van der Waals surface area contributed by atoms with Crippen LogP contribution in [-0.4, -0.2) is 47.0 Å². The number of nitrogens with zero attached hydrogens (tertiary/aromatic N) is 1. The number of amides is 2. The van der Waals surface area contributed by atoms with E-state index in [-0.39, 0.29) is 25.1 Å². The predicted molar refractivity (Wildman–Crippen MR) is 94.0 cm³/mol. The quantitative estimate of drug-likeness (QED) is 0.637. The number of aliphatic carboxylic acids is 1. The van der Waals surface area contributed by atoms with E-state index in [1.807, 2.05) is 6.07 Å². The van der Waals surface area contributed by atoms with E-state index in [9.17, 15) is 14.4 Å². The van der Waals surface area contributed by atoms with Gasteiger partial charge in [0, 0.05) is 12.5 Å². The van der Waals surface area contributed by atoms with Crippen LogP contribution in [0.2, 0.25) is 0 Å². The predicted octanol–water partition coefficient (Wildman–Crippen LogP) is 1.16. The third kappa shape index (κ3) is 4.28. The fraction of sp³-hybridized carbons (Fsp3) is 0.316. The van der Waals surface area contributed by atoms with Gasteiger partial charge in [-0.3, -0.25) is 14.4 Å². The number of hydrogen-bond acceptors (Lipinski definition) is 5. The molecule has 0 aliphatic carbocycles. The minimum absolute atomic E-state index is 0.242. The van der Waals surface area contributed by atoms with Gasteiger partial charge in [-0.05, 0) is 36.2 Å². The van der Waals surface area contributed by atoms with Crippen molar-refractivity contribution in [2.75, 3.05) is 13.2 Å². The number of hydrogen-bond donors (Lipinski definition) is 2. The normalized spacial score (nSPS) is 18.8. The summed E-state index contributed by atoms with van der Waals surface area (Å²) in [5.41, 5.74) is 5.80. The van der Waals surface area contributed by atoms with Crippen LogP contribution < -0.4 is 10.5 Å². The maximum absolute atomic E-state index is 12.6. The van der Waals surface area contributed by atoms with Gasteiger partial charge in [0.2, 0.25) is 5.91 Å². The molecule has 2 heterocycles. The van der Waals surface area contributed by atoms with Gasteiger partial charge in [-0.15, -0.1) is 0 Å². The summed E-state index contributed by atoms with van der Waals surface area (Å²) in [4.78, 5) is 35.9. The average Bonchev–Trinajstić information content (AvgIpc) is 3.15. The fourth-order valence-corrected chi connectivity index (χ4v) is 3.33. The van der Waals surface area contributed by atoms with Gasteiger partial charge in [0.05, 0.1) is 12.2 Å². The van der Waals surface area contributed by atoms with Gasteiger partial charge < -0.3 is 24.9 Å². The van der Waals surface area contributed by atoms with E-state index in [1.165, 1.54) is 4.90 Å². The Bertz CT molecular complexity index is 832. The molecule has 2 amide bonds. The lowest BCUT2D eigenvalue weighted by atomic mass is 9.79. The molecule has 3 rings (SSSR count). The number of aryl methyl sites for hydroxylation is 1. The average molecular weight is 372 g/mol. The van der Waals surface area contributed by atoms with Crippen molar-refractivity contribution in [1.82, 2.24) is 4.90 Å². The van der Waals surface area contributed by atoms with Gasteiger partial charge in [0.25, 0.3) is 5.91 Å². The number of primary amides is 1. The lowest BCUT2D eigenvalue weighted by molar-refractivity contribution is -0.158. The first kappa shape index (κ1) is 18.5. The number of furan rings is 1. The van der Waals surface area contributed by atoms with Crippen LogP contribution in [0.3, 0.4) is 0 Å². The van der Waals surface area contributed by atoms with E-state index in [0.717, 1.165) is 5.76 Å². The van der Waals surface area contributed by atoms with Crippen LogP contribution in [0.15, 0.2) is 47.1 Å². The molecule has 2 atom stereocenters. The number of likely N-dealkylation sites (tertiary alicyclic amines) is 1. The smallest absolute Gasteiger partial charge is 0.323 e. The third-order valence-electron chi connectivity index (χ3n) is 4.50. The molecular weight excluding hydrogens is 352 g/mol. The second kappa shape index (κ2) is 7.94. The SMILES string of the molecule is NC(=O)COc1cccc([C@H]2C(=O)N(CC(=O)O)[C@H]2CCc2ccco2)c1. The monoisotopic (exact) mass is 372 g/mol. The molecule has 2 aromatic rings. The Labute approximate surface area is 155 Å². The van der Waals surface area contributed by atoms with E-state index in [2.05, 4.69) is 0 Å². The summed E-state index contributed by atoms with van der Waals surface area (Å²) in [6.07, 6.45) is 2.74. The van der Waals surface area contributed by atoms with Crippen LogP contribution in [0.4, 0.5) is 0 Å². The number of carbonyl (C=O) groups excluding carboxylic acids is 2. The lowest BCUT2D eigenvalue weighted by Gasteiger charge is -2.47. The Balaban J connectivity index is 1.76. The number of benzene rings is 1. The second-order valence-corrected chi connectivity index (χ2v) is 6.35. The molecule has 1 aliphatic rings. The Kier molecular flexibility index (Phi) is 5.44. The Morgan fingerprint density at radius 3 is 2.74 bits per heavy atom. The molecule has 27 heavy (non-hydrogen) atoms. The number of rotatable bonds is 9. The number of ether oxygens (including phenoxy) is 1. The summed E-state index contributed by atoms with van der Waals surface area (Å²) in [5, 5.41) is 9.08. The first-order valence-electron chi connectivity index (χ1n) is 8.51. The van der Waals surface area contributed by atoms with Crippen LogP contribution in [0.25, 0.3) is 0 Å². The van der Waals surface area contributed by atoms with Crippen LogP contribution in [0.1, 0.15) is 23.7 Å². The van der Waals surface area contributed by atoms with E-state index < -0.39 is 17.8 Å². The van der Waals surface area contributed by atoms with Gasteiger partial charge >= 0.3 is 5.97 Å². The Morgan fingerprint density at radius 2 is 2.07 bits per heavy atom. The highest BCUT2D eigenvalue weighted by Crippen LogP contribution is 2.39.